The van der Waals surface area contributed by atoms with E-state index in [4.69, 9.17) is 9.47 Å². The molecule has 25 heavy (non-hydrogen) atoms. The Labute approximate surface area is 149 Å². The largest absolute Gasteiger partial charge is 0.494 e. The molecule has 2 rings (SSSR count). The van der Waals surface area contributed by atoms with Gasteiger partial charge in [0.2, 0.25) is 0 Å². The predicted octanol–water partition coefficient (Wildman–Crippen LogP) is 4.81. The van der Waals surface area contributed by atoms with Crippen LogP contribution in [0.1, 0.15) is 32.6 Å². The number of aromatic nitrogens is 1. The number of hydrogen-bond donors (Lipinski definition) is 0. The lowest BCUT2D eigenvalue weighted by atomic mass is 10.1. The fraction of sp³-hybridized carbons (Fsp3) is 0.333. The molecule has 0 fully saturated rings. The fourth-order valence-corrected chi connectivity index (χ4v) is 2.32. The highest BCUT2D eigenvalue weighted by Gasteiger charge is 2.02. The van der Waals surface area contributed by atoms with Crippen molar-refractivity contribution in [1.29, 1.82) is 0 Å². The summed E-state index contributed by atoms with van der Waals surface area (Å²) in [7, 11) is 0. The number of esters is 1. The number of carbonyl (C=O) groups is 1. The van der Waals surface area contributed by atoms with E-state index < -0.39 is 0 Å². The van der Waals surface area contributed by atoms with E-state index in [1.165, 1.54) is 0 Å². The highest BCUT2D eigenvalue weighted by molar-refractivity contribution is 5.86. The Morgan fingerprint density at radius 3 is 2.16 bits per heavy atom. The summed E-state index contributed by atoms with van der Waals surface area (Å²) >= 11 is 0. The van der Waals surface area contributed by atoms with Crippen LogP contribution >= 0.6 is 0 Å². The van der Waals surface area contributed by atoms with Gasteiger partial charge in [0, 0.05) is 18.0 Å². The van der Waals surface area contributed by atoms with E-state index in [-0.39, 0.29) is 5.97 Å². The van der Waals surface area contributed by atoms with Crippen molar-refractivity contribution in [2.45, 2.75) is 32.6 Å². The molecule has 0 radical (unpaired) electrons. The molecule has 2 aromatic rings. The van der Waals surface area contributed by atoms with Crippen LogP contribution in [0.15, 0.2) is 60.9 Å². The Hall–Kier alpha value is -2.62. The summed E-state index contributed by atoms with van der Waals surface area (Å²) in [6.07, 6.45) is 7.52. The quantitative estimate of drug-likeness (QED) is 0.354. The lowest BCUT2D eigenvalue weighted by Gasteiger charge is -2.08. The van der Waals surface area contributed by atoms with Crippen molar-refractivity contribution in [2.75, 3.05) is 13.2 Å². The molecule has 1 aromatic carbocycles. The van der Waals surface area contributed by atoms with Gasteiger partial charge in [-0.3, -0.25) is 4.98 Å². The van der Waals surface area contributed by atoms with Crippen molar-refractivity contribution in [2.24, 2.45) is 0 Å². The summed E-state index contributed by atoms with van der Waals surface area (Å²) in [5.74, 6) is 0.576. The van der Waals surface area contributed by atoms with Gasteiger partial charge < -0.3 is 9.47 Å². The van der Waals surface area contributed by atoms with Crippen LogP contribution in [0.3, 0.4) is 0 Å². The molecule has 0 unspecified atom stereocenters. The van der Waals surface area contributed by atoms with Gasteiger partial charge in [-0.25, -0.2) is 4.79 Å². The van der Waals surface area contributed by atoms with Crippen LogP contribution in [0.5, 0.6) is 5.75 Å². The van der Waals surface area contributed by atoms with Gasteiger partial charge in [-0.15, -0.1) is 0 Å². The number of rotatable bonds is 10. The van der Waals surface area contributed by atoms with Gasteiger partial charge in [-0.1, -0.05) is 18.7 Å². The normalized spacial score (nSPS) is 10.3. The Bertz CT molecular complexity index is 665. The predicted molar refractivity (Wildman–Crippen MR) is 99.4 cm³/mol. The third-order valence-electron chi connectivity index (χ3n) is 3.76. The second-order valence-corrected chi connectivity index (χ2v) is 5.94. The van der Waals surface area contributed by atoms with Crippen LogP contribution in [0.25, 0.3) is 11.1 Å². The van der Waals surface area contributed by atoms with E-state index in [0.29, 0.717) is 18.8 Å². The van der Waals surface area contributed by atoms with Gasteiger partial charge in [-0.2, -0.15) is 0 Å². The average Bonchev–Trinajstić information content (AvgIpc) is 2.65. The first-order valence-corrected chi connectivity index (χ1v) is 8.63. The minimum Gasteiger partial charge on any atom is -0.494 e. The highest BCUT2D eigenvalue weighted by Crippen LogP contribution is 2.21. The lowest BCUT2D eigenvalue weighted by Crippen LogP contribution is -2.06. The molecule has 0 saturated carbocycles. The molecule has 0 aliphatic carbocycles. The maximum Gasteiger partial charge on any atom is 0.333 e. The Balaban J connectivity index is 1.58. The smallest absolute Gasteiger partial charge is 0.333 e. The molecular weight excluding hydrogens is 314 g/mol. The second-order valence-electron chi connectivity index (χ2n) is 5.94. The average molecular weight is 339 g/mol. The first-order chi connectivity index (χ1) is 12.2. The van der Waals surface area contributed by atoms with Crippen molar-refractivity contribution in [3.8, 4) is 16.9 Å². The number of ether oxygens (including phenoxy) is 2. The number of benzene rings is 1. The molecule has 0 atom stereocenters. The standard InChI is InChI=1S/C21H25NO3/c1-17(2)21(23)25-16-6-4-3-5-15-24-20-9-7-18(8-10-20)19-11-13-22-14-12-19/h7-14H,1,3-6,15-16H2,2H3. The van der Waals surface area contributed by atoms with E-state index in [1.807, 2.05) is 24.3 Å². The molecule has 0 aliphatic rings. The summed E-state index contributed by atoms with van der Waals surface area (Å²) < 4.78 is 10.8. The molecule has 0 saturated heterocycles. The van der Waals surface area contributed by atoms with Crippen LogP contribution in [0, 0.1) is 0 Å². The lowest BCUT2D eigenvalue weighted by molar-refractivity contribution is -0.139. The van der Waals surface area contributed by atoms with E-state index in [1.54, 1.807) is 19.3 Å². The third-order valence-corrected chi connectivity index (χ3v) is 3.76. The molecule has 0 aliphatic heterocycles. The molecule has 132 valence electrons. The van der Waals surface area contributed by atoms with E-state index in [2.05, 4.69) is 23.7 Å². The van der Waals surface area contributed by atoms with Crippen molar-refractivity contribution in [3.63, 3.8) is 0 Å². The monoisotopic (exact) mass is 339 g/mol. The highest BCUT2D eigenvalue weighted by atomic mass is 16.5. The van der Waals surface area contributed by atoms with Crippen LogP contribution in [0.4, 0.5) is 0 Å². The third kappa shape index (κ3) is 6.79. The van der Waals surface area contributed by atoms with Gasteiger partial charge in [0.15, 0.2) is 0 Å². The van der Waals surface area contributed by atoms with E-state index >= 15 is 0 Å². The summed E-state index contributed by atoms with van der Waals surface area (Å²) in [4.78, 5) is 15.2. The minimum absolute atomic E-state index is 0.307. The summed E-state index contributed by atoms with van der Waals surface area (Å²) in [6.45, 7) is 6.36. The number of hydrogen-bond acceptors (Lipinski definition) is 4. The van der Waals surface area contributed by atoms with Crippen LogP contribution in [-0.2, 0) is 9.53 Å². The van der Waals surface area contributed by atoms with Crippen LogP contribution < -0.4 is 4.74 Å². The van der Waals surface area contributed by atoms with Crippen molar-refractivity contribution >= 4 is 5.97 Å². The Kier molecular flexibility index (Phi) is 7.70. The Morgan fingerprint density at radius 1 is 0.920 bits per heavy atom. The summed E-state index contributed by atoms with van der Waals surface area (Å²) in [5.41, 5.74) is 2.75. The fourth-order valence-electron chi connectivity index (χ4n) is 2.32. The number of carbonyl (C=O) groups excluding carboxylic acids is 1. The number of unbranched alkanes of at least 4 members (excludes halogenated alkanes) is 3. The molecule has 0 amide bonds. The molecule has 1 heterocycles. The topological polar surface area (TPSA) is 48.4 Å². The van der Waals surface area contributed by atoms with Crippen molar-refractivity contribution in [3.05, 3.63) is 60.9 Å². The molecular formula is C21H25NO3. The Morgan fingerprint density at radius 2 is 1.52 bits per heavy atom. The number of pyridine rings is 1. The maximum absolute atomic E-state index is 11.2. The van der Waals surface area contributed by atoms with Crippen molar-refractivity contribution in [1.82, 2.24) is 4.98 Å². The SMILES string of the molecule is C=C(C)C(=O)OCCCCCCOc1ccc(-c2ccncc2)cc1. The van der Waals surface area contributed by atoms with Gasteiger partial charge in [0.1, 0.15) is 5.75 Å². The summed E-state index contributed by atoms with van der Waals surface area (Å²) in [5, 5.41) is 0. The van der Waals surface area contributed by atoms with Crippen molar-refractivity contribution < 1.29 is 14.3 Å². The van der Waals surface area contributed by atoms with Gasteiger partial charge in [0.25, 0.3) is 0 Å². The number of nitrogens with zero attached hydrogens (tertiary/aromatic N) is 1. The van der Waals surface area contributed by atoms with Crippen LogP contribution in [-0.4, -0.2) is 24.2 Å². The van der Waals surface area contributed by atoms with Crippen LogP contribution in [0.2, 0.25) is 0 Å². The van der Waals surface area contributed by atoms with E-state index in [9.17, 15) is 4.79 Å². The van der Waals surface area contributed by atoms with Gasteiger partial charge in [0.05, 0.1) is 13.2 Å². The maximum atomic E-state index is 11.2. The second kappa shape index (κ2) is 10.3. The molecule has 1 aromatic heterocycles. The molecule has 4 nitrogen and oxygen atoms in total. The van der Waals surface area contributed by atoms with E-state index in [0.717, 1.165) is 42.6 Å². The zero-order chi connectivity index (χ0) is 17.9. The summed E-state index contributed by atoms with van der Waals surface area (Å²) in [6, 6.07) is 12.1. The zero-order valence-electron chi connectivity index (χ0n) is 14.7. The zero-order valence-corrected chi connectivity index (χ0v) is 14.7. The molecule has 0 bridgehead atoms. The molecule has 0 N–H and O–H groups in total. The molecule has 0 spiro atoms. The minimum atomic E-state index is -0.307. The van der Waals surface area contributed by atoms with Gasteiger partial charge in [-0.05, 0) is 68.0 Å². The molecule has 4 heteroatoms. The first-order valence-electron chi connectivity index (χ1n) is 8.63. The van der Waals surface area contributed by atoms with Gasteiger partial charge >= 0.3 is 5.97 Å². The first kappa shape index (κ1) is 18.7.